The van der Waals surface area contributed by atoms with Crippen LogP contribution in [0, 0.1) is 13.8 Å². The predicted octanol–water partition coefficient (Wildman–Crippen LogP) is 7.84. The topological polar surface area (TPSA) is 30.8 Å². The summed E-state index contributed by atoms with van der Waals surface area (Å²) in [5, 5.41) is 2.85. The first-order valence-electron chi connectivity index (χ1n) is 10.7. The van der Waals surface area contributed by atoms with Crippen LogP contribution in [0.3, 0.4) is 0 Å². The predicted molar refractivity (Wildman–Crippen MR) is 134 cm³/mol. The van der Waals surface area contributed by atoms with Crippen LogP contribution in [0.4, 0.5) is 5.69 Å². The van der Waals surface area contributed by atoms with Crippen LogP contribution >= 0.6 is 11.6 Å². The normalized spacial score (nSPS) is 11.2. The molecule has 0 fully saturated rings. The zero-order chi connectivity index (χ0) is 22.5. The molecule has 0 spiro atoms. The molecular weight excluding hydrogens is 418 g/mol. The molecule has 0 N–H and O–H groups in total. The second-order valence-corrected chi connectivity index (χ2v) is 8.12. The minimum absolute atomic E-state index is 0.400. The lowest BCUT2D eigenvalue weighted by Gasteiger charge is -2.15. The van der Waals surface area contributed by atoms with E-state index in [-0.39, 0.29) is 0 Å². The minimum Gasteiger partial charge on any atom is -0.490 e. The van der Waals surface area contributed by atoms with Crippen molar-refractivity contribution in [3.8, 4) is 11.5 Å². The monoisotopic (exact) mass is 443 g/mol. The number of aliphatic imine (C=N–C) groups is 1. The number of benzene rings is 4. The van der Waals surface area contributed by atoms with Gasteiger partial charge >= 0.3 is 0 Å². The summed E-state index contributed by atoms with van der Waals surface area (Å²) >= 11 is 6.62. The summed E-state index contributed by atoms with van der Waals surface area (Å²) in [6.45, 7) is 7.03. The van der Waals surface area contributed by atoms with Crippen LogP contribution in [-0.2, 0) is 6.61 Å². The molecule has 4 heteroatoms. The Balaban J connectivity index is 1.59. The average molecular weight is 444 g/mol. The third kappa shape index (κ3) is 4.95. The van der Waals surface area contributed by atoms with E-state index in [1.165, 1.54) is 21.9 Å². The zero-order valence-electron chi connectivity index (χ0n) is 18.6. The fraction of sp³-hybridized carbons (Fsp3) is 0.179. The van der Waals surface area contributed by atoms with Crippen molar-refractivity contribution in [3.05, 3.63) is 100 Å². The standard InChI is InChI=1S/C28H26ClNO2/c1-4-31-27-16-21(17-30-24-13-12-19(2)20(3)14-24)15-26(29)28(27)32-18-23-10-7-9-22-8-5-6-11-25(22)23/h5-17H,4,18H2,1-3H3. The summed E-state index contributed by atoms with van der Waals surface area (Å²) in [5.41, 5.74) is 5.32. The lowest BCUT2D eigenvalue weighted by molar-refractivity contribution is 0.270. The number of fused-ring (bicyclic) bond motifs is 1. The Hall–Kier alpha value is -3.30. The van der Waals surface area contributed by atoms with E-state index in [9.17, 15) is 0 Å². The highest BCUT2D eigenvalue weighted by atomic mass is 35.5. The second-order valence-electron chi connectivity index (χ2n) is 7.72. The highest BCUT2D eigenvalue weighted by molar-refractivity contribution is 6.32. The molecule has 0 aliphatic carbocycles. The smallest absolute Gasteiger partial charge is 0.180 e. The van der Waals surface area contributed by atoms with E-state index in [4.69, 9.17) is 21.1 Å². The van der Waals surface area contributed by atoms with Crippen molar-refractivity contribution in [2.45, 2.75) is 27.4 Å². The van der Waals surface area contributed by atoms with Gasteiger partial charge in [-0.15, -0.1) is 0 Å². The first kappa shape index (κ1) is 21.9. The molecule has 0 aliphatic rings. The molecular formula is C28H26ClNO2. The number of nitrogens with zero attached hydrogens (tertiary/aromatic N) is 1. The Morgan fingerprint density at radius 2 is 1.69 bits per heavy atom. The highest BCUT2D eigenvalue weighted by Gasteiger charge is 2.13. The molecule has 0 heterocycles. The fourth-order valence-electron chi connectivity index (χ4n) is 3.59. The van der Waals surface area contributed by atoms with Crippen LogP contribution in [0.15, 0.2) is 77.8 Å². The van der Waals surface area contributed by atoms with Gasteiger partial charge in [-0.1, -0.05) is 60.1 Å². The molecule has 4 aromatic carbocycles. The average Bonchev–Trinajstić information content (AvgIpc) is 2.79. The molecule has 0 saturated heterocycles. The van der Waals surface area contributed by atoms with E-state index in [1.54, 1.807) is 6.21 Å². The van der Waals surface area contributed by atoms with Crippen molar-refractivity contribution in [2.24, 2.45) is 4.99 Å². The minimum atomic E-state index is 0.400. The summed E-state index contributed by atoms with van der Waals surface area (Å²) in [6, 6.07) is 24.4. The molecule has 0 aromatic heterocycles. The molecule has 0 amide bonds. The molecule has 0 bridgehead atoms. The lowest BCUT2D eigenvalue weighted by atomic mass is 10.1. The molecule has 0 radical (unpaired) electrons. The van der Waals surface area contributed by atoms with Crippen LogP contribution in [0.25, 0.3) is 10.8 Å². The van der Waals surface area contributed by atoms with Gasteiger partial charge in [0.2, 0.25) is 0 Å². The Labute approximate surface area is 194 Å². The number of hydrogen-bond donors (Lipinski definition) is 0. The second kappa shape index (κ2) is 9.88. The van der Waals surface area contributed by atoms with Crippen LogP contribution < -0.4 is 9.47 Å². The van der Waals surface area contributed by atoms with Gasteiger partial charge in [-0.2, -0.15) is 0 Å². The van der Waals surface area contributed by atoms with Crippen LogP contribution in [0.5, 0.6) is 11.5 Å². The third-order valence-electron chi connectivity index (χ3n) is 5.44. The molecule has 32 heavy (non-hydrogen) atoms. The van der Waals surface area contributed by atoms with Crippen molar-refractivity contribution in [2.75, 3.05) is 6.61 Å². The Morgan fingerprint density at radius 3 is 2.50 bits per heavy atom. The summed E-state index contributed by atoms with van der Waals surface area (Å²) in [5.74, 6) is 1.16. The first-order chi connectivity index (χ1) is 15.5. The summed E-state index contributed by atoms with van der Waals surface area (Å²) in [4.78, 5) is 4.60. The Morgan fingerprint density at radius 1 is 0.875 bits per heavy atom. The van der Waals surface area contributed by atoms with Crippen molar-refractivity contribution in [1.82, 2.24) is 0 Å². The van der Waals surface area contributed by atoms with E-state index in [0.717, 1.165) is 16.8 Å². The van der Waals surface area contributed by atoms with Crippen LogP contribution in [-0.4, -0.2) is 12.8 Å². The van der Waals surface area contributed by atoms with Crippen molar-refractivity contribution in [1.29, 1.82) is 0 Å². The van der Waals surface area contributed by atoms with Gasteiger partial charge in [0.1, 0.15) is 6.61 Å². The van der Waals surface area contributed by atoms with Gasteiger partial charge in [0.05, 0.1) is 17.3 Å². The van der Waals surface area contributed by atoms with Crippen LogP contribution in [0.1, 0.15) is 29.2 Å². The maximum atomic E-state index is 6.62. The zero-order valence-corrected chi connectivity index (χ0v) is 19.3. The Kier molecular flexibility index (Phi) is 6.77. The van der Waals surface area contributed by atoms with Gasteiger partial charge in [0, 0.05) is 6.21 Å². The van der Waals surface area contributed by atoms with E-state index in [1.807, 2.05) is 43.3 Å². The van der Waals surface area contributed by atoms with Crippen molar-refractivity contribution >= 4 is 34.3 Å². The van der Waals surface area contributed by atoms with E-state index in [0.29, 0.717) is 29.7 Å². The molecule has 0 atom stereocenters. The lowest BCUT2D eigenvalue weighted by Crippen LogP contribution is -2.02. The van der Waals surface area contributed by atoms with Crippen molar-refractivity contribution in [3.63, 3.8) is 0 Å². The summed E-state index contributed by atoms with van der Waals surface area (Å²) in [6.07, 6.45) is 1.80. The quantitative estimate of drug-likeness (QED) is 0.272. The van der Waals surface area contributed by atoms with Gasteiger partial charge in [-0.3, -0.25) is 4.99 Å². The molecule has 4 rings (SSSR count). The van der Waals surface area contributed by atoms with Crippen LogP contribution in [0.2, 0.25) is 5.02 Å². The molecule has 0 aliphatic heterocycles. The van der Waals surface area contributed by atoms with Crippen molar-refractivity contribution < 1.29 is 9.47 Å². The number of halogens is 1. The largest absolute Gasteiger partial charge is 0.490 e. The third-order valence-corrected chi connectivity index (χ3v) is 5.72. The maximum absolute atomic E-state index is 6.62. The molecule has 0 unspecified atom stereocenters. The summed E-state index contributed by atoms with van der Waals surface area (Å²) < 4.78 is 12.0. The molecule has 0 saturated carbocycles. The fourth-order valence-corrected chi connectivity index (χ4v) is 3.86. The molecule has 162 valence electrons. The number of aryl methyl sites for hydroxylation is 2. The summed E-state index contributed by atoms with van der Waals surface area (Å²) in [7, 11) is 0. The van der Waals surface area contributed by atoms with Gasteiger partial charge in [0.25, 0.3) is 0 Å². The van der Waals surface area contributed by atoms with Gasteiger partial charge < -0.3 is 9.47 Å². The first-order valence-corrected chi connectivity index (χ1v) is 11.1. The molecule has 4 aromatic rings. The number of rotatable bonds is 7. The highest BCUT2D eigenvalue weighted by Crippen LogP contribution is 2.37. The number of ether oxygens (including phenoxy) is 2. The maximum Gasteiger partial charge on any atom is 0.180 e. The SMILES string of the molecule is CCOc1cc(C=Nc2ccc(C)c(C)c2)cc(Cl)c1OCc1cccc2ccccc12. The molecule has 3 nitrogen and oxygen atoms in total. The number of hydrogen-bond acceptors (Lipinski definition) is 3. The Bertz CT molecular complexity index is 1270. The van der Waals surface area contributed by atoms with E-state index < -0.39 is 0 Å². The van der Waals surface area contributed by atoms with E-state index in [2.05, 4.69) is 55.2 Å². The van der Waals surface area contributed by atoms with E-state index >= 15 is 0 Å². The van der Waals surface area contributed by atoms with Gasteiger partial charge in [0.15, 0.2) is 11.5 Å². The van der Waals surface area contributed by atoms with Gasteiger partial charge in [-0.25, -0.2) is 0 Å². The van der Waals surface area contributed by atoms with Gasteiger partial charge in [-0.05, 0) is 78.1 Å².